The normalized spacial score (nSPS) is 17.1. The number of nitrogens with zero attached hydrogens (tertiary/aromatic N) is 1. The summed E-state index contributed by atoms with van der Waals surface area (Å²) >= 11 is 0. The first-order chi connectivity index (χ1) is 8.40. The molecule has 1 saturated heterocycles. The Hall–Kier alpha value is -1.59. The number of aliphatic carboxylic acids is 1. The van der Waals surface area contributed by atoms with Crippen molar-refractivity contribution in [1.29, 1.82) is 0 Å². The highest BCUT2D eigenvalue weighted by Crippen LogP contribution is 2.09. The molecular weight excluding hydrogens is 236 g/mol. The molecule has 0 saturated carbocycles. The maximum atomic E-state index is 11.7. The van der Waals surface area contributed by atoms with Gasteiger partial charge in [0.1, 0.15) is 6.04 Å². The van der Waals surface area contributed by atoms with Gasteiger partial charge in [0.15, 0.2) is 0 Å². The van der Waals surface area contributed by atoms with E-state index in [9.17, 15) is 14.4 Å². The van der Waals surface area contributed by atoms with Crippen LogP contribution in [-0.4, -0.2) is 46.9 Å². The van der Waals surface area contributed by atoms with Gasteiger partial charge in [0.25, 0.3) is 0 Å². The highest BCUT2D eigenvalue weighted by Gasteiger charge is 2.25. The fourth-order valence-corrected chi connectivity index (χ4v) is 1.98. The van der Waals surface area contributed by atoms with Crippen molar-refractivity contribution in [3.63, 3.8) is 0 Å². The Morgan fingerprint density at radius 1 is 1.44 bits per heavy atom. The van der Waals surface area contributed by atoms with E-state index in [-0.39, 0.29) is 18.4 Å². The predicted molar refractivity (Wildman–Crippen MR) is 64.8 cm³/mol. The largest absolute Gasteiger partial charge is 0.480 e. The fraction of sp³-hybridized carbons (Fsp3) is 0.750. The Balaban J connectivity index is 2.45. The van der Waals surface area contributed by atoms with Gasteiger partial charge in [-0.25, -0.2) is 4.79 Å². The highest BCUT2D eigenvalue weighted by atomic mass is 16.4. The summed E-state index contributed by atoms with van der Waals surface area (Å²) in [6.07, 6.45) is 1.62. The monoisotopic (exact) mass is 256 g/mol. The van der Waals surface area contributed by atoms with Gasteiger partial charge in [-0.3, -0.25) is 9.59 Å². The van der Waals surface area contributed by atoms with E-state index in [0.717, 1.165) is 6.42 Å². The zero-order chi connectivity index (χ0) is 13.7. The lowest BCUT2D eigenvalue weighted by atomic mass is 10.0. The quantitative estimate of drug-likeness (QED) is 0.712. The Kier molecular flexibility index (Phi) is 5.12. The lowest BCUT2D eigenvalue weighted by molar-refractivity contribution is -0.142. The summed E-state index contributed by atoms with van der Waals surface area (Å²) in [5.74, 6) is -1.30. The van der Waals surface area contributed by atoms with E-state index in [1.54, 1.807) is 0 Å². The molecule has 2 amide bonds. The van der Waals surface area contributed by atoms with Gasteiger partial charge in [0, 0.05) is 13.0 Å². The summed E-state index contributed by atoms with van der Waals surface area (Å²) in [5.41, 5.74) is 0. The molecule has 6 heteroatoms. The smallest absolute Gasteiger partial charge is 0.326 e. The zero-order valence-electron chi connectivity index (χ0n) is 10.8. The average Bonchev–Trinajstić information content (AvgIpc) is 2.62. The minimum Gasteiger partial charge on any atom is -0.480 e. The lowest BCUT2D eigenvalue weighted by Gasteiger charge is -2.19. The number of carbonyl (C=O) groups is 3. The molecule has 1 rings (SSSR count). The molecule has 6 nitrogen and oxygen atoms in total. The summed E-state index contributed by atoms with van der Waals surface area (Å²) in [6.45, 7) is 4.33. The van der Waals surface area contributed by atoms with Crippen LogP contribution in [0.25, 0.3) is 0 Å². The van der Waals surface area contributed by atoms with Crippen molar-refractivity contribution in [2.75, 3.05) is 13.1 Å². The zero-order valence-corrected chi connectivity index (χ0v) is 10.8. The number of carboxylic acids is 1. The maximum Gasteiger partial charge on any atom is 0.326 e. The first-order valence-corrected chi connectivity index (χ1v) is 6.20. The van der Waals surface area contributed by atoms with Crippen LogP contribution in [0.5, 0.6) is 0 Å². The highest BCUT2D eigenvalue weighted by molar-refractivity contribution is 5.88. The van der Waals surface area contributed by atoms with Crippen LogP contribution in [-0.2, 0) is 14.4 Å². The molecule has 2 N–H and O–H groups in total. The number of hydrogen-bond acceptors (Lipinski definition) is 3. The molecule has 0 aliphatic carbocycles. The molecule has 1 atom stereocenters. The predicted octanol–water partition coefficient (Wildman–Crippen LogP) is 0.224. The van der Waals surface area contributed by atoms with Gasteiger partial charge in [0.05, 0.1) is 6.54 Å². The van der Waals surface area contributed by atoms with Crippen LogP contribution in [0.1, 0.15) is 33.1 Å². The molecule has 1 heterocycles. The Morgan fingerprint density at radius 2 is 2.11 bits per heavy atom. The summed E-state index contributed by atoms with van der Waals surface area (Å²) in [7, 11) is 0. The van der Waals surface area contributed by atoms with E-state index < -0.39 is 17.9 Å². The van der Waals surface area contributed by atoms with E-state index in [2.05, 4.69) is 5.32 Å². The topological polar surface area (TPSA) is 86.7 Å². The van der Waals surface area contributed by atoms with Gasteiger partial charge in [-0.2, -0.15) is 0 Å². The third-order valence-corrected chi connectivity index (χ3v) is 2.85. The van der Waals surface area contributed by atoms with E-state index in [0.29, 0.717) is 19.4 Å². The van der Waals surface area contributed by atoms with Gasteiger partial charge in [0.2, 0.25) is 11.8 Å². The molecule has 1 unspecified atom stereocenters. The third-order valence-electron chi connectivity index (χ3n) is 2.85. The van der Waals surface area contributed by atoms with Crippen LogP contribution < -0.4 is 5.32 Å². The van der Waals surface area contributed by atoms with Crippen molar-refractivity contribution in [2.24, 2.45) is 5.92 Å². The number of carboxylic acid groups (broad SMARTS) is 1. The summed E-state index contributed by atoms with van der Waals surface area (Å²) in [6, 6.07) is -0.879. The molecule has 1 aliphatic rings. The Morgan fingerprint density at radius 3 is 2.56 bits per heavy atom. The van der Waals surface area contributed by atoms with Gasteiger partial charge in [-0.1, -0.05) is 13.8 Å². The van der Waals surface area contributed by atoms with Crippen molar-refractivity contribution in [3.05, 3.63) is 0 Å². The minimum absolute atomic E-state index is 0.0408. The first-order valence-electron chi connectivity index (χ1n) is 6.20. The maximum absolute atomic E-state index is 11.7. The number of hydrogen-bond donors (Lipinski definition) is 2. The molecule has 1 aliphatic heterocycles. The third kappa shape index (κ3) is 4.35. The molecule has 0 bridgehead atoms. The number of rotatable bonds is 6. The van der Waals surface area contributed by atoms with Gasteiger partial charge in [-0.05, 0) is 18.8 Å². The SMILES string of the molecule is CC(C)CC(NC(=O)CN1CCCC1=O)C(=O)O. The van der Waals surface area contributed by atoms with E-state index in [1.807, 2.05) is 13.8 Å². The molecule has 18 heavy (non-hydrogen) atoms. The van der Waals surface area contributed by atoms with Crippen molar-refractivity contribution >= 4 is 17.8 Å². The van der Waals surface area contributed by atoms with E-state index in [1.165, 1.54) is 4.90 Å². The molecule has 0 spiro atoms. The molecule has 0 radical (unpaired) electrons. The van der Waals surface area contributed by atoms with Crippen molar-refractivity contribution in [3.8, 4) is 0 Å². The minimum atomic E-state index is -1.04. The van der Waals surface area contributed by atoms with Crippen LogP contribution in [0.2, 0.25) is 0 Å². The van der Waals surface area contributed by atoms with Crippen molar-refractivity contribution in [2.45, 2.75) is 39.2 Å². The van der Waals surface area contributed by atoms with Gasteiger partial charge in [-0.15, -0.1) is 0 Å². The molecule has 1 fully saturated rings. The second kappa shape index (κ2) is 6.37. The molecule has 0 aromatic carbocycles. The van der Waals surface area contributed by atoms with E-state index in [4.69, 9.17) is 5.11 Å². The molecular formula is C12H20N2O4. The van der Waals surface area contributed by atoms with Crippen LogP contribution >= 0.6 is 0 Å². The van der Waals surface area contributed by atoms with Gasteiger partial charge >= 0.3 is 5.97 Å². The van der Waals surface area contributed by atoms with Crippen LogP contribution in [0.15, 0.2) is 0 Å². The standard InChI is InChI=1S/C12H20N2O4/c1-8(2)6-9(12(17)18)13-10(15)7-14-5-3-4-11(14)16/h8-9H,3-7H2,1-2H3,(H,13,15)(H,17,18). The molecule has 0 aromatic rings. The number of likely N-dealkylation sites (tertiary alicyclic amines) is 1. The Bertz CT molecular complexity index is 341. The Labute approximate surface area is 106 Å². The number of carbonyl (C=O) groups excluding carboxylic acids is 2. The average molecular weight is 256 g/mol. The number of amides is 2. The summed E-state index contributed by atoms with van der Waals surface area (Å²) in [4.78, 5) is 35.4. The van der Waals surface area contributed by atoms with Crippen molar-refractivity contribution < 1.29 is 19.5 Å². The van der Waals surface area contributed by atoms with Gasteiger partial charge < -0.3 is 15.3 Å². The molecule has 102 valence electrons. The van der Waals surface area contributed by atoms with Crippen molar-refractivity contribution in [1.82, 2.24) is 10.2 Å². The van der Waals surface area contributed by atoms with Crippen LogP contribution in [0.4, 0.5) is 0 Å². The van der Waals surface area contributed by atoms with Crippen LogP contribution in [0.3, 0.4) is 0 Å². The second-order valence-corrected chi connectivity index (χ2v) is 5.01. The fourth-order valence-electron chi connectivity index (χ4n) is 1.98. The second-order valence-electron chi connectivity index (χ2n) is 5.01. The summed E-state index contributed by atoms with van der Waals surface area (Å²) < 4.78 is 0. The summed E-state index contributed by atoms with van der Waals surface area (Å²) in [5, 5.41) is 11.5. The number of nitrogens with one attached hydrogen (secondary N) is 1. The van der Waals surface area contributed by atoms with E-state index >= 15 is 0 Å². The first kappa shape index (κ1) is 14.5. The van der Waals surface area contributed by atoms with Crippen LogP contribution in [0, 0.1) is 5.92 Å². The molecule has 0 aromatic heterocycles. The lowest BCUT2D eigenvalue weighted by Crippen LogP contribution is -2.46.